The van der Waals surface area contributed by atoms with Crippen molar-refractivity contribution in [3.05, 3.63) is 53.4 Å². The second kappa shape index (κ2) is 8.17. The zero-order valence-electron chi connectivity index (χ0n) is 15.4. The van der Waals surface area contributed by atoms with E-state index in [1.165, 1.54) is 0 Å². The zero-order chi connectivity index (χ0) is 18.5. The summed E-state index contributed by atoms with van der Waals surface area (Å²) in [4.78, 5) is 28.6. The van der Waals surface area contributed by atoms with E-state index in [1.807, 2.05) is 48.2 Å². The van der Waals surface area contributed by atoms with Crippen LogP contribution in [-0.2, 0) is 22.6 Å². The predicted octanol–water partition coefficient (Wildman–Crippen LogP) is 2.42. The lowest BCUT2D eigenvalue weighted by Crippen LogP contribution is -2.43. The van der Waals surface area contributed by atoms with Gasteiger partial charge in [0.15, 0.2) is 5.76 Å². The third-order valence-electron chi connectivity index (χ3n) is 4.84. The van der Waals surface area contributed by atoms with Crippen LogP contribution in [0, 0.1) is 12.8 Å². The molecule has 0 unspecified atom stereocenters. The molecule has 26 heavy (non-hydrogen) atoms. The van der Waals surface area contributed by atoms with Crippen molar-refractivity contribution in [2.75, 3.05) is 20.1 Å². The van der Waals surface area contributed by atoms with Gasteiger partial charge in [0.25, 0.3) is 0 Å². The summed E-state index contributed by atoms with van der Waals surface area (Å²) in [6, 6.07) is 11.6. The van der Waals surface area contributed by atoms with Crippen LogP contribution in [0.3, 0.4) is 0 Å². The first-order chi connectivity index (χ1) is 12.5. The van der Waals surface area contributed by atoms with Crippen LogP contribution >= 0.6 is 0 Å². The minimum atomic E-state index is -0.0372. The molecule has 138 valence electrons. The summed E-state index contributed by atoms with van der Waals surface area (Å²) in [5, 5.41) is 3.85. The molecule has 1 aliphatic heterocycles. The molecule has 0 aliphatic carbocycles. The summed E-state index contributed by atoms with van der Waals surface area (Å²) >= 11 is 0. The van der Waals surface area contributed by atoms with Gasteiger partial charge in [-0.2, -0.15) is 0 Å². The van der Waals surface area contributed by atoms with Gasteiger partial charge in [0.05, 0.1) is 18.7 Å². The molecule has 1 fully saturated rings. The van der Waals surface area contributed by atoms with Crippen LogP contribution in [0.1, 0.15) is 29.9 Å². The quantitative estimate of drug-likeness (QED) is 0.826. The number of carbonyl (C=O) groups excluding carboxylic acids is 2. The van der Waals surface area contributed by atoms with E-state index in [2.05, 4.69) is 5.16 Å². The summed E-state index contributed by atoms with van der Waals surface area (Å²) in [6.45, 7) is 3.55. The Morgan fingerprint density at radius 2 is 1.92 bits per heavy atom. The maximum Gasteiger partial charge on any atom is 0.226 e. The van der Waals surface area contributed by atoms with E-state index in [4.69, 9.17) is 4.52 Å². The highest BCUT2D eigenvalue weighted by atomic mass is 16.5. The molecule has 1 aromatic heterocycles. The number of aromatic nitrogens is 1. The number of rotatable bonds is 5. The topological polar surface area (TPSA) is 66.7 Å². The van der Waals surface area contributed by atoms with Crippen molar-refractivity contribution in [1.29, 1.82) is 0 Å². The van der Waals surface area contributed by atoms with Gasteiger partial charge in [0.2, 0.25) is 11.8 Å². The molecule has 3 rings (SSSR count). The van der Waals surface area contributed by atoms with E-state index < -0.39 is 0 Å². The van der Waals surface area contributed by atoms with E-state index >= 15 is 0 Å². The van der Waals surface area contributed by atoms with E-state index in [0.29, 0.717) is 44.7 Å². The van der Waals surface area contributed by atoms with Crippen LogP contribution in [0.15, 0.2) is 40.9 Å². The van der Waals surface area contributed by atoms with E-state index in [9.17, 15) is 9.59 Å². The van der Waals surface area contributed by atoms with Crippen LogP contribution < -0.4 is 0 Å². The Balaban J connectivity index is 1.48. The summed E-state index contributed by atoms with van der Waals surface area (Å²) in [7, 11) is 1.78. The molecule has 0 N–H and O–H groups in total. The van der Waals surface area contributed by atoms with Crippen LogP contribution in [-0.4, -0.2) is 46.9 Å². The van der Waals surface area contributed by atoms with Crippen molar-refractivity contribution in [1.82, 2.24) is 15.0 Å². The average molecular weight is 355 g/mol. The number of nitrogens with zero attached hydrogens (tertiary/aromatic N) is 3. The standard InChI is InChI=1S/C20H25N3O3/c1-15-12-18(26-21-15)14-22(2)20(25)17-8-10-23(11-9-17)19(24)13-16-6-4-3-5-7-16/h3-7,12,17H,8-11,13-14H2,1-2H3. The van der Waals surface area contributed by atoms with Gasteiger partial charge in [-0.1, -0.05) is 35.5 Å². The number of piperidine rings is 1. The molecule has 0 atom stereocenters. The highest BCUT2D eigenvalue weighted by Crippen LogP contribution is 2.21. The zero-order valence-corrected chi connectivity index (χ0v) is 15.4. The second-order valence-corrected chi connectivity index (χ2v) is 6.95. The minimum Gasteiger partial charge on any atom is -0.359 e. The van der Waals surface area contributed by atoms with Gasteiger partial charge in [0.1, 0.15) is 0 Å². The lowest BCUT2D eigenvalue weighted by atomic mass is 9.95. The molecule has 2 aromatic rings. The molecule has 0 bridgehead atoms. The molecule has 1 saturated heterocycles. The first-order valence-electron chi connectivity index (χ1n) is 9.02. The Bertz CT molecular complexity index is 749. The molecular formula is C20H25N3O3. The molecule has 0 saturated carbocycles. The molecule has 1 aliphatic rings. The van der Waals surface area contributed by atoms with Crippen molar-refractivity contribution < 1.29 is 14.1 Å². The fourth-order valence-corrected chi connectivity index (χ4v) is 3.37. The third kappa shape index (κ3) is 4.50. The fraction of sp³-hybridized carbons (Fsp3) is 0.450. The van der Waals surface area contributed by atoms with Gasteiger partial charge in [-0.25, -0.2) is 0 Å². The largest absolute Gasteiger partial charge is 0.359 e. The highest BCUT2D eigenvalue weighted by molar-refractivity contribution is 5.81. The number of aryl methyl sites for hydroxylation is 1. The van der Waals surface area contributed by atoms with Crippen molar-refractivity contribution in [2.24, 2.45) is 5.92 Å². The lowest BCUT2D eigenvalue weighted by molar-refractivity contribution is -0.140. The van der Waals surface area contributed by atoms with Gasteiger partial charge in [0, 0.05) is 32.1 Å². The van der Waals surface area contributed by atoms with Gasteiger partial charge < -0.3 is 14.3 Å². The normalized spacial score (nSPS) is 15.1. The smallest absolute Gasteiger partial charge is 0.226 e. The monoisotopic (exact) mass is 355 g/mol. The van der Waals surface area contributed by atoms with Gasteiger partial charge in [-0.05, 0) is 25.3 Å². The number of likely N-dealkylation sites (tertiary alicyclic amines) is 1. The average Bonchev–Trinajstić information content (AvgIpc) is 3.06. The summed E-state index contributed by atoms with van der Waals surface area (Å²) in [5.74, 6) is 0.889. The molecule has 0 spiro atoms. The third-order valence-corrected chi connectivity index (χ3v) is 4.84. The Kier molecular flexibility index (Phi) is 5.71. The summed E-state index contributed by atoms with van der Waals surface area (Å²) in [5.41, 5.74) is 1.84. The number of amides is 2. The Morgan fingerprint density at radius 1 is 1.23 bits per heavy atom. The van der Waals surface area contributed by atoms with E-state index in [0.717, 1.165) is 11.3 Å². The van der Waals surface area contributed by atoms with Gasteiger partial charge >= 0.3 is 0 Å². The van der Waals surface area contributed by atoms with E-state index in [-0.39, 0.29) is 17.7 Å². The molecule has 2 heterocycles. The molecule has 1 aromatic carbocycles. The van der Waals surface area contributed by atoms with Gasteiger partial charge in [-0.15, -0.1) is 0 Å². The number of hydrogen-bond donors (Lipinski definition) is 0. The Hall–Kier alpha value is -2.63. The number of hydrogen-bond acceptors (Lipinski definition) is 4. The maximum atomic E-state index is 12.6. The fourth-order valence-electron chi connectivity index (χ4n) is 3.37. The molecule has 2 amide bonds. The number of benzene rings is 1. The van der Waals surface area contributed by atoms with Crippen molar-refractivity contribution in [3.8, 4) is 0 Å². The summed E-state index contributed by atoms with van der Waals surface area (Å²) in [6.07, 6.45) is 1.84. The highest BCUT2D eigenvalue weighted by Gasteiger charge is 2.29. The molecule has 6 heteroatoms. The van der Waals surface area contributed by atoms with Gasteiger partial charge in [-0.3, -0.25) is 9.59 Å². The van der Waals surface area contributed by atoms with Crippen molar-refractivity contribution >= 4 is 11.8 Å². The lowest BCUT2D eigenvalue weighted by Gasteiger charge is -2.33. The van der Waals surface area contributed by atoms with Crippen LogP contribution in [0.4, 0.5) is 0 Å². The minimum absolute atomic E-state index is 0.0372. The Labute approximate surface area is 153 Å². The van der Waals surface area contributed by atoms with E-state index in [1.54, 1.807) is 11.9 Å². The first-order valence-corrected chi connectivity index (χ1v) is 9.02. The van der Waals surface area contributed by atoms with Crippen LogP contribution in [0.2, 0.25) is 0 Å². The first kappa shape index (κ1) is 18.2. The second-order valence-electron chi connectivity index (χ2n) is 6.95. The SMILES string of the molecule is Cc1cc(CN(C)C(=O)C2CCN(C(=O)Cc3ccccc3)CC2)on1. The summed E-state index contributed by atoms with van der Waals surface area (Å²) < 4.78 is 5.18. The molecule has 0 radical (unpaired) electrons. The molecule has 6 nitrogen and oxygen atoms in total. The van der Waals surface area contributed by atoms with Crippen molar-refractivity contribution in [2.45, 2.75) is 32.7 Å². The van der Waals surface area contributed by atoms with Crippen molar-refractivity contribution in [3.63, 3.8) is 0 Å². The maximum absolute atomic E-state index is 12.6. The van der Waals surface area contributed by atoms with Crippen LogP contribution in [0.25, 0.3) is 0 Å². The van der Waals surface area contributed by atoms with Crippen LogP contribution in [0.5, 0.6) is 0 Å². The molecular weight excluding hydrogens is 330 g/mol. The number of carbonyl (C=O) groups is 2. The Morgan fingerprint density at radius 3 is 2.54 bits per heavy atom. The predicted molar refractivity (Wildman–Crippen MR) is 97.2 cm³/mol.